The Morgan fingerprint density at radius 1 is 1.21 bits per heavy atom. The van der Waals surface area contributed by atoms with Crippen molar-refractivity contribution in [2.45, 2.75) is 20.0 Å². The standard InChI is InChI=1S/C20H23N5O4/c1-12(2)11-25-18(26)16-17(22(3)20(25)27)21-19-23(8-9-24(16)19)14-10-13(28-4)6-7-15(14)29-5/h6-7,10H,1,8-9,11H2,2-5H3. The van der Waals surface area contributed by atoms with Crippen LogP contribution in [0.25, 0.3) is 11.2 Å². The lowest BCUT2D eigenvalue weighted by Gasteiger charge is -2.19. The Balaban J connectivity index is 1.95. The van der Waals surface area contributed by atoms with Gasteiger partial charge in [-0.2, -0.15) is 4.98 Å². The molecule has 29 heavy (non-hydrogen) atoms. The Bertz CT molecular complexity index is 1250. The molecule has 0 atom stereocenters. The number of benzene rings is 1. The third-order valence-corrected chi connectivity index (χ3v) is 5.11. The maximum atomic E-state index is 13.1. The molecule has 3 heterocycles. The zero-order valence-corrected chi connectivity index (χ0v) is 16.9. The smallest absolute Gasteiger partial charge is 0.332 e. The summed E-state index contributed by atoms with van der Waals surface area (Å²) in [5.74, 6) is 1.94. The predicted molar refractivity (Wildman–Crippen MR) is 111 cm³/mol. The molecule has 9 heteroatoms. The minimum atomic E-state index is -0.409. The van der Waals surface area contributed by atoms with E-state index >= 15 is 0 Å². The van der Waals surface area contributed by atoms with Gasteiger partial charge in [-0.15, -0.1) is 0 Å². The summed E-state index contributed by atoms with van der Waals surface area (Å²) < 4.78 is 15.3. The van der Waals surface area contributed by atoms with Crippen molar-refractivity contribution >= 4 is 22.8 Å². The van der Waals surface area contributed by atoms with Crippen LogP contribution >= 0.6 is 0 Å². The molecule has 2 aromatic heterocycles. The van der Waals surface area contributed by atoms with Crippen LogP contribution in [0.5, 0.6) is 11.5 Å². The SMILES string of the molecule is C=C(C)Cn1c(=O)c2c(nc3n2CCN3c2cc(OC)ccc2OC)n(C)c1=O. The molecule has 1 aromatic carbocycles. The molecular formula is C20H23N5O4. The van der Waals surface area contributed by atoms with Gasteiger partial charge in [-0.1, -0.05) is 12.2 Å². The fourth-order valence-corrected chi connectivity index (χ4v) is 3.72. The summed E-state index contributed by atoms with van der Waals surface area (Å²) in [6.07, 6.45) is 0. The van der Waals surface area contributed by atoms with Crippen molar-refractivity contribution in [2.75, 3.05) is 25.7 Å². The zero-order chi connectivity index (χ0) is 20.9. The highest BCUT2D eigenvalue weighted by Gasteiger charge is 2.30. The van der Waals surface area contributed by atoms with Crippen molar-refractivity contribution in [3.05, 3.63) is 51.2 Å². The van der Waals surface area contributed by atoms with Crippen molar-refractivity contribution in [3.8, 4) is 11.5 Å². The summed E-state index contributed by atoms with van der Waals surface area (Å²) in [6, 6.07) is 5.52. The summed E-state index contributed by atoms with van der Waals surface area (Å²) in [4.78, 5) is 32.4. The van der Waals surface area contributed by atoms with Crippen LogP contribution in [-0.4, -0.2) is 39.4 Å². The van der Waals surface area contributed by atoms with E-state index in [-0.39, 0.29) is 12.1 Å². The van der Waals surface area contributed by atoms with Gasteiger partial charge < -0.3 is 18.9 Å². The second-order valence-corrected chi connectivity index (χ2v) is 7.12. The van der Waals surface area contributed by atoms with Crippen LogP contribution in [0.1, 0.15) is 6.92 Å². The van der Waals surface area contributed by atoms with Crippen molar-refractivity contribution < 1.29 is 9.47 Å². The minimum Gasteiger partial charge on any atom is -0.497 e. The molecule has 0 saturated heterocycles. The predicted octanol–water partition coefficient (Wildman–Crippen LogP) is 1.64. The fourth-order valence-electron chi connectivity index (χ4n) is 3.72. The first-order valence-corrected chi connectivity index (χ1v) is 9.21. The number of rotatable bonds is 5. The molecule has 4 rings (SSSR count). The number of anilines is 2. The maximum Gasteiger partial charge on any atom is 0.332 e. The second-order valence-electron chi connectivity index (χ2n) is 7.12. The number of methoxy groups -OCH3 is 2. The molecular weight excluding hydrogens is 374 g/mol. The van der Waals surface area contributed by atoms with Gasteiger partial charge in [-0.3, -0.25) is 13.9 Å². The highest BCUT2D eigenvalue weighted by Crippen LogP contribution is 2.39. The van der Waals surface area contributed by atoms with Crippen molar-refractivity contribution in [2.24, 2.45) is 7.05 Å². The largest absolute Gasteiger partial charge is 0.497 e. The zero-order valence-electron chi connectivity index (χ0n) is 16.9. The van der Waals surface area contributed by atoms with E-state index in [2.05, 4.69) is 11.6 Å². The molecule has 0 saturated carbocycles. The van der Waals surface area contributed by atoms with Crippen LogP contribution in [0.15, 0.2) is 39.9 Å². The van der Waals surface area contributed by atoms with Crippen LogP contribution < -0.4 is 25.6 Å². The molecule has 9 nitrogen and oxygen atoms in total. The second kappa shape index (κ2) is 6.84. The average Bonchev–Trinajstić information content (AvgIpc) is 3.28. The van der Waals surface area contributed by atoms with E-state index in [1.54, 1.807) is 28.2 Å². The summed E-state index contributed by atoms with van der Waals surface area (Å²) in [6.45, 7) is 6.96. The number of hydrogen-bond donors (Lipinski definition) is 0. The molecule has 3 aromatic rings. The van der Waals surface area contributed by atoms with Gasteiger partial charge in [0.1, 0.15) is 11.5 Å². The van der Waals surface area contributed by atoms with Gasteiger partial charge in [0.05, 0.1) is 26.5 Å². The summed E-state index contributed by atoms with van der Waals surface area (Å²) >= 11 is 0. The first-order valence-electron chi connectivity index (χ1n) is 9.21. The van der Waals surface area contributed by atoms with Gasteiger partial charge in [0.15, 0.2) is 11.2 Å². The molecule has 0 bridgehead atoms. The van der Waals surface area contributed by atoms with Crippen LogP contribution in [-0.2, 0) is 20.1 Å². The Hall–Kier alpha value is -3.49. The van der Waals surface area contributed by atoms with E-state index < -0.39 is 5.69 Å². The number of imidazole rings is 1. The topological polar surface area (TPSA) is 83.5 Å². The van der Waals surface area contributed by atoms with Gasteiger partial charge in [-0.25, -0.2) is 4.79 Å². The molecule has 1 aliphatic heterocycles. The third-order valence-electron chi connectivity index (χ3n) is 5.11. The van der Waals surface area contributed by atoms with Gasteiger partial charge in [0, 0.05) is 26.2 Å². The first-order chi connectivity index (χ1) is 13.9. The number of aromatic nitrogens is 4. The van der Waals surface area contributed by atoms with E-state index in [1.807, 2.05) is 27.7 Å². The van der Waals surface area contributed by atoms with Crippen molar-refractivity contribution in [1.82, 2.24) is 18.7 Å². The number of nitrogens with zero attached hydrogens (tertiary/aromatic N) is 5. The number of fused-ring (bicyclic) bond motifs is 3. The average molecular weight is 397 g/mol. The van der Waals surface area contributed by atoms with Gasteiger partial charge >= 0.3 is 5.69 Å². The minimum absolute atomic E-state index is 0.176. The van der Waals surface area contributed by atoms with E-state index in [4.69, 9.17) is 9.47 Å². The summed E-state index contributed by atoms with van der Waals surface area (Å²) in [5, 5.41) is 0. The lowest BCUT2D eigenvalue weighted by molar-refractivity contribution is 0.403. The molecule has 0 aliphatic carbocycles. The molecule has 1 aliphatic rings. The monoisotopic (exact) mass is 397 g/mol. The van der Waals surface area contributed by atoms with Gasteiger partial charge in [0.25, 0.3) is 5.56 Å². The van der Waals surface area contributed by atoms with Crippen molar-refractivity contribution in [3.63, 3.8) is 0 Å². The number of ether oxygens (including phenoxy) is 2. The quantitative estimate of drug-likeness (QED) is 0.609. The van der Waals surface area contributed by atoms with Gasteiger partial charge in [0.2, 0.25) is 5.95 Å². The van der Waals surface area contributed by atoms with Gasteiger partial charge in [-0.05, 0) is 19.1 Å². The third kappa shape index (κ3) is 2.81. The molecule has 0 N–H and O–H groups in total. The normalized spacial score (nSPS) is 13.0. The van der Waals surface area contributed by atoms with E-state index in [1.165, 1.54) is 9.13 Å². The number of hydrogen-bond acceptors (Lipinski definition) is 6. The van der Waals surface area contributed by atoms with Crippen molar-refractivity contribution in [1.29, 1.82) is 0 Å². The highest BCUT2D eigenvalue weighted by molar-refractivity contribution is 5.79. The highest BCUT2D eigenvalue weighted by atomic mass is 16.5. The molecule has 0 spiro atoms. The lowest BCUT2D eigenvalue weighted by atomic mass is 10.2. The number of allylic oxidation sites excluding steroid dienone is 1. The Morgan fingerprint density at radius 2 is 1.97 bits per heavy atom. The Morgan fingerprint density at radius 3 is 2.62 bits per heavy atom. The van der Waals surface area contributed by atoms with Crippen LogP contribution in [0.2, 0.25) is 0 Å². The summed E-state index contributed by atoms with van der Waals surface area (Å²) in [5.41, 5.74) is 1.52. The Labute approximate surface area is 167 Å². The molecule has 0 fully saturated rings. The Kier molecular flexibility index (Phi) is 4.45. The van der Waals surface area contributed by atoms with E-state index in [9.17, 15) is 9.59 Å². The molecule has 0 radical (unpaired) electrons. The lowest BCUT2D eigenvalue weighted by Crippen LogP contribution is -2.39. The maximum absolute atomic E-state index is 13.1. The van der Waals surface area contributed by atoms with Crippen LogP contribution in [0.4, 0.5) is 11.6 Å². The van der Waals surface area contributed by atoms with Crippen LogP contribution in [0, 0.1) is 0 Å². The summed E-state index contributed by atoms with van der Waals surface area (Å²) in [7, 11) is 4.83. The molecule has 0 amide bonds. The fraction of sp³-hybridized carbons (Fsp3) is 0.350. The first kappa shape index (κ1) is 18.9. The molecule has 0 unspecified atom stereocenters. The van der Waals surface area contributed by atoms with E-state index in [0.29, 0.717) is 41.7 Å². The number of aryl methyl sites for hydroxylation is 1. The van der Waals surface area contributed by atoms with E-state index in [0.717, 1.165) is 11.3 Å². The van der Waals surface area contributed by atoms with Crippen LogP contribution in [0.3, 0.4) is 0 Å². The molecule has 152 valence electrons.